The van der Waals surface area contributed by atoms with Gasteiger partial charge >= 0.3 is 0 Å². The smallest absolute Gasteiger partial charge is 0.146 e. The number of hydrogen-bond donors (Lipinski definition) is 0. The fraction of sp³-hybridized carbons (Fsp3) is 0.920. The third kappa shape index (κ3) is 26.1. The SMILES string of the molecule is CCCCCCCCCCOCOCCC=CCCCCCCCCCCBr. The van der Waals surface area contributed by atoms with Crippen LogP contribution in [0.4, 0.5) is 0 Å². The van der Waals surface area contributed by atoms with E-state index in [0.717, 1.165) is 25.0 Å². The highest BCUT2D eigenvalue weighted by Crippen LogP contribution is 2.11. The third-order valence-electron chi connectivity index (χ3n) is 5.16. The Labute approximate surface area is 185 Å². The molecule has 0 aromatic carbocycles. The lowest BCUT2D eigenvalue weighted by Crippen LogP contribution is -2.02. The summed E-state index contributed by atoms with van der Waals surface area (Å²) < 4.78 is 11.1. The molecule has 2 nitrogen and oxygen atoms in total. The van der Waals surface area contributed by atoms with E-state index >= 15 is 0 Å². The summed E-state index contributed by atoms with van der Waals surface area (Å²) in [5, 5.41) is 1.16. The van der Waals surface area contributed by atoms with Crippen LogP contribution in [-0.4, -0.2) is 25.3 Å². The number of hydrogen-bond acceptors (Lipinski definition) is 2. The van der Waals surface area contributed by atoms with Gasteiger partial charge in [0.1, 0.15) is 6.79 Å². The molecule has 0 saturated heterocycles. The molecule has 0 saturated carbocycles. The molecule has 0 bridgehead atoms. The van der Waals surface area contributed by atoms with Crippen LogP contribution in [0.25, 0.3) is 0 Å². The summed E-state index contributed by atoms with van der Waals surface area (Å²) in [7, 11) is 0. The molecule has 0 spiro atoms. The van der Waals surface area contributed by atoms with Gasteiger partial charge in [0.2, 0.25) is 0 Å². The predicted octanol–water partition coefficient (Wildman–Crippen LogP) is 8.97. The van der Waals surface area contributed by atoms with Crippen molar-refractivity contribution < 1.29 is 9.47 Å². The lowest BCUT2D eigenvalue weighted by Gasteiger charge is -2.05. The van der Waals surface area contributed by atoms with Gasteiger partial charge in [0, 0.05) is 11.9 Å². The molecule has 168 valence electrons. The van der Waals surface area contributed by atoms with Crippen molar-refractivity contribution in [2.75, 3.05) is 25.3 Å². The Morgan fingerprint density at radius 3 is 1.68 bits per heavy atom. The number of ether oxygens (including phenoxy) is 2. The molecule has 0 N–H and O–H groups in total. The third-order valence-corrected chi connectivity index (χ3v) is 5.72. The van der Waals surface area contributed by atoms with Gasteiger partial charge in [0.25, 0.3) is 0 Å². The normalized spacial score (nSPS) is 11.6. The largest absolute Gasteiger partial charge is 0.355 e. The Kier molecular flexibility index (Phi) is 27.3. The van der Waals surface area contributed by atoms with Crippen LogP contribution in [0.15, 0.2) is 12.2 Å². The minimum absolute atomic E-state index is 0.458. The van der Waals surface area contributed by atoms with Crippen molar-refractivity contribution in [2.45, 2.75) is 122 Å². The monoisotopic (exact) mass is 460 g/mol. The summed E-state index contributed by atoms with van der Waals surface area (Å²) in [4.78, 5) is 0. The van der Waals surface area contributed by atoms with Crippen molar-refractivity contribution in [1.29, 1.82) is 0 Å². The van der Waals surface area contributed by atoms with E-state index in [1.54, 1.807) is 0 Å². The van der Waals surface area contributed by atoms with Crippen molar-refractivity contribution >= 4 is 15.9 Å². The van der Waals surface area contributed by atoms with Gasteiger partial charge in [0.05, 0.1) is 6.61 Å². The van der Waals surface area contributed by atoms with E-state index in [4.69, 9.17) is 9.47 Å². The molecule has 0 radical (unpaired) electrons. The van der Waals surface area contributed by atoms with Crippen LogP contribution in [0, 0.1) is 0 Å². The van der Waals surface area contributed by atoms with E-state index in [1.807, 2.05) is 0 Å². The second-order valence-corrected chi connectivity index (χ2v) is 8.77. The van der Waals surface area contributed by atoms with Crippen molar-refractivity contribution in [3.8, 4) is 0 Å². The highest BCUT2D eigenvalue weighted by Gasteiger charge is 1.93. The molecule has 0 atom stereocenters. The first-order valence-corrected chi connectivity index (χ1v) is 13.4. The fourth-order valence-electron chi connectivity index (χ4n) is 3.32. The van der Waals surface area contributed by atoms with E-state index in [2.05, 4.69) is 35.0 Å². The average Bonchev–Trinajstić information content (AvgIpc) is 2.71. The first-order valence-electron chi connectivity index (χ1n) is 12.3. The summed E-state index contributed by atoms with van der Waals surface area (Å²) in [6.07, 6.45) is 28.7. The zero-order chi connectivity index (χ0) is 20.4. The zero-order valence-electron chi connectivity index (χ0n) is 18.9. The van der Waals surface area contributed by atoms with Crippen molar-refractivity contribution in [1.82, 2.24) is 0 Å². The van der Waals surface area contributed by atoms with E-state index in [0.29, 0.717) is 6.79 Å². The highest BCUT2D eigenvalue weighted by molar-refractivity contribution is 9.09. The highest BCUT2D eigenvalue weighted by atomic mass is 79.9. The van der Waals surface area contributed by atoms with Crippen LogP contribution < -0.4 is 0 Å². The van der Waals surface area contributed by atoms with Crippen molar-refractivity contribution in [2.24, 2.45) is 0 Å². The van der Waals surface area contributed by atoms with Crippen LogP contribution >= 0.6 is 15.9 Å². The number of alkyl halides is 1. The van der Waals surface area contributed by atoms with Gasteiger partial charge in [-0.05, 0) is 32.1 Å². The Hall–Kier alpha value is 0.140. The quantitative estimate of drug-likeness (QED) is 0.0618. The average molecular weight is 462 g/mol. The zero-order valence-corrected chi connectivity index (χ0v) is 20.5. The van der Waals surface area contributed by atoms with E-state index in [1.165, 1.54) is 109 Å². The minimum Gasteiger partial charge on any atom is -0.355 e. The van der Waals surface area contributed by atoms with Crippen LogP contribution in [0.2, 0.25) is 0 Å². The maximum atomic E-state index is 5.54. The molecule has 0 aromatic rings. The Morgan fingerprint density at radius 2 is 1.04 bits per heavy atom. The fourth-order valence-corrected chi connectivity index (χ4v) is 3.72. The molecule has 0 aliphatic carbocycles. The molecule has 0 aliphatic heterocycles. The molecule has 0 fully saturated rings. The van der Waals surface area contributed by atoms with Gasteiger partial charge in [-0.3, -0.25) is 0 Å². The Bertz CT molecular complexity index is 294. The van der Waals surface area contributed by atoms with Gasteiger partial charge in [-0.15, -0.1) is 0 Å². The Morgan fingerprint density at radius 1 is 0.536 bits per heavy atom. The van der Waals surface area contributed by atoms with Crippen LogP contribution in [0.5, 0.6) is 0 Å². The van der Waals surface area contributed by atoms with E-state index < -0.39 is 0 Å². The summed E-state index contributed by atoms with van der Waals surface area (Å²) in [5.41, 5.74) is 0. The topological polar surface area (TPSA) is 18.5 Å². The molecular formula is C25H49BrO2. The van der Waals surface area contributed by atoms with Gasteiger partial charge < -0.3 is 9.47 Å². The second-order valence-electron chi connectivity index (χ2n) is 7.98. The molecule has 0 aromatic heterocycles. The molecule has 0 heterocycles. The minimum atomic E-state index is 0.458. The van der Waals surface area contributed by atoms with Gasteiger partial charge in [-0.2, -0.15) is 0 Å². The molecule has 0 unspecified atom stereocenters. The maximum Gasteiger partial charge on any atom is 0.146 e. The molecule has 0 rings (SSSR count). The van der Waals surface area contributed by atoms with E-state index in [-0.39, 0.29) is 0 Å². The van der Waals surface area contributed by atoms with Crippen molar-refractivity contribution in [3.63, 3.8) is 0 Å². The van der Waals surface area contributed by atoms with Crippen molar-refractivity contribution in [3.05, 3.63) is 12.2 Å². The van der Waals surface area contributed by atoms with Gasteiger partial charge in [-0.25, -0.2) is 0 Å². The van der Waals surface area contributed by atoms with Crippen LogP contribution in [0.1, 0.15) is 122 Å². The second kappa shape index (κ2) is 27.1. The molecular weight excluding hydrogens is 412 g/mol. The summed E-state index contributed by atoms with van der Waals surface area (Å²) >= 11 is 3.49. The molecule has 0 aliphatic rings. The molecule has 0 amide bonds. The van der Waals surface area contributed by atoms with Gasteiger partial charge in [-0.1, -0.05) is 118 Å². The van der Waals surface area contributed by atoms with Crippen LogP contribution in [-0.2, 0) is 9.47 Å². The maximum absolute atomic E-state index is 5.54. The number of unbranched alkanes of at least 4 members (excludes halogenated alkanes) is 15. The summed E-state index contributed by atoms with van der Waals surface area (Å²) in [5.74, 6) is 0. The number of allylic oxidation sites excluding steroid dienone is 1. The summed E-state index contributed by atoms with van der Waals surface area (Å²) in [6.45, 7) is 4.36. The van der Waals surface area contributed by atoms with E-state index in [9.17, 15) is 0 Å². The Balaban J connectivity index is 3.05. The molecule has 28 heavy (non-hydrogen) atoms. The predicted molar refractivity (Wildman–Crippen MR) is 128 cm³/mol. The first kappa shape index (κ1) is 28.1. The van der Waals surface area contributed by atoms with Crippen LogP contribution in [0.3, 0.4) is 0 Å². The number of halogens is 1. The lowest BCUT2D eigenvalue weighted by molar-refractivity contribution is -0.0531. The van der Waals surface area contributed by atoms with Gasteiger partial charge in [0.15, 0.2) is 0 Å². The summed E-state index contributed by atoms with van der Waals surface area (Å²) in [6, 6.07) is 0. The standard InChI is InChI=1S/C25H49BrO2/c1-2-3-4-5-6-14-17-20-23-27-25-28-24-21-18-15-12-10-8-7-9-11-13-16-19-22-26/h15,18H,2-14,16-17,19-25H2,1H3. The molecule has 3 heteroatoms. The first-order chi connectivity index (χ1) is 13.9. The lowest BCUT2D eigenvalue weighted by atomic mass is 10.1. The number of rotatable bonds is 24.